The van der Waals surface area contributed by atoms with Crippen molar-refractivity contribution < 1.29 is 18.7 Å². The first kappa shape index (κ1) is 21.4. The van der Waals surface area contributed by atoms with Crippen molar-refractivity contribution in [2.24, 2.45) is 5.10 Å². The number of aromatic nitrogens is 2. The first-order valence-corrected chi connectivity index (χ1v) is 10.9. The molecule has 0 unspecified atom stereocenters. The van der Waals surface area contributed by atoms with Gasteiger partial charge in [-0.3, -0.25) is 4.79 Å². The van der Waals surface area contributed by atoms with Gasteiger partial charge in [-0.25, -0.2) is 15.2 Å². The standard InChI is InChI=1S/C23H20N4O4S/c1-2-30-22(29)16-9-7-15(8-10-16)20-12-11-17(31-20)13-24-27-21(28)14-32-23-25-18-5-3-4-6-19(18)26-23/h3-13H,2,14H2,1H3,(H,25,26)(H,27,28)/b24-13-. The molecule has 0 aliphatic heterocycles. The maximum atomic E-state index is 12.0. The SMILES string of the molecule is CCOC(=O)c1ccc(-c2ccc(/C=N\NC(=O)CSc3nc4ccccc4[nH]3)o2)cc1. The van der Waals surface area contributed by atoms with Gasteiger partial charge >= 0.3 is 5.97 Å². The minimum Gasteiger partial charge on any atom is -0.462 e. The third-order valence-electron chi connectivity index (χ3n) is 4.40. The van der Waals surface area contributed by atoms with Crippen LogP contribution in [0.4, 0.5) is 0 Å². The second-order valence-corrected chi connectivity index (χ2v) is 7.60. The Balaban J connectivity index is 1.28. The number of carbonyl (C=O) groups is 2. The number of amides is 1. The van der Waals surface area contributed by atoms with Crippen molar-refractivity contribution in [2.45, 2.75) is 12.1 Å². The van der Waals surface area contributed by atoms with Gasteiger partial charge in [-0.2, -0.15) is 5.10 Å². The molecule has 4 aromatic rings. The summed E-state index contributed by atoms with van der Waals surface area (Å²) >= 11 is 1.30. The number of nitrogens with zero attached hydrogens (tertiary/aromatic N) is 2. The number of thioether (sulfide) groups is 1. The van der Waals surface area contributed by atoms with Gasteiger partial charge in [-0.05, 0) is 43.3 Å². The topological polar surface area (TPSA) is 110 Å². The number of benzene rings is 2. The van der Waals surface area contributed by atoms with E-state index in [1.54, 1.807) is 43.3 Å². The molecular weight excluding hydrogens is 428 g/mol. The highest BCUT2D eigenvalue weighted by atomic mass is 32.2. The van der Waals surface area contributed by atoms with E-state index in [1.807, 2.05) is 24.3 Å². The maximum absolute atomic E-state index is 12.0. The summed E-state index contributed by atoms with van der Waals surface area (Å²) in [7, 11) is 0. The molecule has 0 fully saturated rings. The van der Waals surface area contributed by atoms with Crippen LogP contribution in [0, 0.1) is 0 Å². The highest BCUT2D eigenvalue weighted by Gasteiger charge is 2.09. The molecule has 0 aliphatic rings. The fourth-order valence-corrected chi connectivity index (χ4v) is 3.57. The van der Waals surface area contributed by atoms with E-state index in [-0.39, 0.29) is 17.6 Å². The largest absolute Gasteiger partial charge is 0.462 e. The smallest absolute Gasteiger partial charge is 0.338 e. The Labute approximate surface area is 188 Å². The van der Waals surface area contributed by atoms with Crippen LogP contribution in [0.2, 0.25) is 0 Å². The molecule has 32 heavy (non-hydrogen) atoms. The average Bonchev–Trinajstić information content (AvgIpc) is 3.45. The van der Waals surface area contributed by atoms with Gasteiger partial charge in [-0.15, -0.1) is 0 Å². The van der Waals surface area contributed by atoms with Crippen molar-refractivity contribution in [3.05, 3.63) is 72.0 Å². The molecule has 0 aliphatic carbocycles. The molecular formula is C23H20N4O4S. The minimum absolute atomic E-state index is 0.174. The van der Waals surface area contributed by atoms with Crippen LogP contribution in [-0.4, -0.2) is 40.4 Å². The molecule has 0 spiro atoms. The zero-order valence-electron chi connectivity index (χ0n) is 17.2. The van der Waals surface area contributed by atoms with Crippen molar-refractivity contribution in [2.75, 3.05) is 12.4 Å². The van der Waals surface area contributed by atoms with Crippen LogP contribution in [-0.2, 0) is 9.53 Å². The molecule has 162 valence electrons. The summed E-state index contributed by atoms with van der Waals surface area (Å²) in [6.07, 6.45) is 1.43. The molecule has 2 heterocycles. The van der Waals surface area contributed by atoms with Gasteiger partial charge in [0.05, 0.1) is 35.2 Å². The number of fused-ring (bicyclic) bond motifs is 1. The molecule has 0 radical (unpaired) electrons. The molecule has 1 amide bonds. The quantitative estimate of drug-likeness (QED) is 0.181. The minimum atomic E-state index is -0.361. The summed E-state index contributed by atoms with van der Waals surface area (Å²) in [4.78, 5) is 31.3. The fourth-order valence-electron chi connectivity index (χ4n) is 2.89. The maximum Gasteiger partial charge on any atom is 0.338 e. The predicted octanol–water partition coefficient (Wildman–Crippen LogP) is 4.24. The van der Waals surface area contributed by atoms with Gasteiger partial charge in [0, 0.05) is 5.56 Å². The van der Waals surface area contributed by atoms with E-state index in [0.29, 0.717) is 28.8 Å². The Kier molecular flexibility index (Phi) is 6.66. The summed E-state index contributed by atoms with van der Waals surface area (Å²) < 4.78 is 10.7. The molecule has 0 atom stereocenters. The number of ether oxygens (including phenoxy) is 1. The number of furan rings is 1. The Bertz CT molecular complexity index is 1230. The number of hydrogen-bond acceptors (Lipinski definition) is 7. The van der Waals surface area contributed by atoms with E-state index in [2.05, 4.69) is 20.5 Å². The average molecular weight is 449 g/mol. The Morgan fingerprint density at radius 2 is 1.97 bits per heavy atom. The van der Waals surface area contributed by atoms with Gasteiger partial charge in [0.2, 0.25) is 0 Å². The molecule has 4 rings (SSSR count). The summed E-state index contributed by atoms with van der Waals surface area (Å²) in [6, 6.07) is 18.1. The number of hydrogen-bond donors (Lipinski definition) is 2. The predicted molar refractivity (Wildman–Crippen MR) is 123 cm³/mol. The van der Waals surface area contributed by atoms with Crippen molar-refractivity contribution in [3.63, 3.8) is 0 Å². The molecule has 2 N–H and O–H groups in total. The van der Waals surface area contributed by atoms with Crippen molar-refractivity contribution in [1.29, 1.82) is 0 Å². The van der Waals surface area contributed by atoms with Gasteiger partial charge < -0.3 is 14.1 Å². The second kappa shape index (κ2) is 9.97. The molecule has 9 heteroatoms. The Hall–Kier alpha value is -3.85. The first-order chi connectivity index (χ1) is 15.6. The number of nitrogens with one attached hydrogen (secondary N) is 2. The highest BCUT2D eigenvalue weighted by Crippen LogP contribution is 2.22. The first-order valence-electron chi connectivity index (χ1n) is 9.89. The number of esters is 1. The molecule has 2 aromatic heterocycles. The number of para-hydroxylation sites is 2. The monoisotopic (exact) mass is 448 g/mol. The van der Waals surface area contributed by atoms with Crippen LogP contribution in [0.25, 0.3) is 22.4 Å². The summed E-state index contributed by atoms with van der Waals surface area (Å²) in [5.74, 6) is 0.662. The summed E-state index contributed by atoms with van der Waals surface area (Å²) in [6.45, 7) is 2.09. The summed E-state index contributed by atoms with van der Waals surface area (Å²) in [5.41, 5.74) is 5.55. The van der Waals surface area contributed by atoms with Crippen molar-refractivity contribution >= 4 is 40.9 Å². The number of rotatable bonds is 8. The lowest BCUT2D eigenvalue weighted by Gasteiger charge is -2.02. The van der Waals surface area contributed by atoms with Gasteiger partial charge in [-0.1, -0.05) is 36.0 Å². The number of aromatic amines is 1. The molecule has 2 aromatic carbocycles. The van der Waals surface area contributed by atoms with Crippen molar-refractivity contribution in [1.82, 2.24) is 15.4 Å². The second-order valence-electron chi connectivity index (χ2n) is 6.64. The van der Waals surface area contributed by atoms with E-state index in [9.17, 15) is 9.59 Å². The third-order valence-corrected chi connectivity index (χ3v) is 5.27. The number of H-pyrrole nitrogens is 1. The molecule has 0 saturated heterocycles. The lowest BCUT2D eigenvalue weighted by molar-refractivity contribution is -0.118. The van der Waals surface area contributed by atoms with Crippen LogP contribution < -0.4 is 5.43 Å². The highest BCUT2D eigenvalue weighted by molar-refractivity contribution is 7.99. The number of imidazole rings is 1. The number of carbonyl (C=O) groups excluding carboxylic acids is 2. The van der Waals surface area contributed by atoms with Crippen LogP contribution >= 0.6 is 11.8 Å². The Morgan fingerprint density at radius 3 is 2.75 bits per heavy atom. The Morgan fingerprint density at radius 1 is 1.16 bits per heavy atom. The van der Waals surface area contributed by atoms with Crippen LogP contribution in [0.5, 0.6) is 0 Å². The van der Waals surface area contributed by atoms with E-state index >= 15 is 0 Å². The fraction of sp³-hybridized carbons (Fsp3) is 0.130. The molecule has 0 saturated carbocycles. The lowest BCUT2D eigenvalue weighted by atomic mass is 10.1. The van der Waals surface area contributed by atoms with Gasteiger partial charge in [0.1, 0.15) is 11.5 Å². The zero-order chi connectivity index (χ0) is 22.3. The molecule has 0 bridgehead atoms. The van der Waals surface area contributed by atoms with Crippen LogP contribution in [0.1, 0.15) is 23.0 Å². The van der Waals surface area contributed by atoms with Gasteiger partial charge in [0.15, 0.2) is 5.16 Å². The number of hydrazone groups is 1. The van der Waals surface area contributed by atoms with E-state index < -0.39 is 0 Å². The lowest BCUT2D eigenvalue weighted by Crippen LogP contribution is -2.19. The summed E-state index contributed by atoms with van der Waals surface area (Å²) in [5, 5.41) is 4.61. The zero-order valence-corrected chi connectivity index (χ0v) is 18.0. The van der Waals surface area contributed by atoms with Crippen LogP contribution in [0.15, 0.2) is 75.3 Å². The van der Waals surface area contributed by atoms with Crippen molar-refractivity contribution in [3.8, 4) is 11.3 Å². The van der Waals surface area contributed by atoms with E-state index in [4.69, 9.17) is 9.15 Å². The van der Waals surface area contributed by atoms with Gasteiger partial charge in [0.25, 0.3) is 5.91 Å². The van der Waals surface area contributed by atoms with E-state index in [0.717, 1.165) is 16.6 Å². The molecule has 8 nitrogen and oxygen atoms in total. The normalized spacial score (nSPS) is 11.2. The van der Waals surface area contributed by atoms with Crippen LogP contribution in [0.3, 0.4) is 0 Å². The third kappa shape index (κ3) is 5.25. The van der Waals surface area contributed by atoms with E-state index in [1.165, 1.54) is 18.0 Å².